The van der Waals surface area contributed by atoms with E-state index in [9.17, 15) is 4.79 Å². The molecule has 3 aromatic rings. The number of rotatable bonds is 12. The first-order chi connectivity index (χ1) is 14.3. The number of carbonyl (C=O) groups excluding carboxylic acids is 1. The van der Waals surface area contributed by atoms with Crippen LogP contribution in [0.3, 0.4) is 0 Å². The number of fused-ring (bicyclic) bond motifs is 1. The van der Waals surface area contributed by atoms with Crippen molar-refractivity contribution in [3.8, 4) is 5.75 Å². The number of hydrogen-bond acceptors (Lipinski definition) is 3. The van der Waals surface area contributed by atoms with Crippen LogP contribution >= 0.6 is 0 Å². The van der Waals surface area contributed by atoms with Gasteiger partial charge in [-0.3, -0.25) is 4.79 Å². The van der Waals surface area contributed by atoms with Gasteiger partial charge in [0.2, 0.25) is 5.91 Å². The molecule has 1 amide bonds. The lowest BCUT2D eigenvalue weighted by Gasteiger charge is -2.11. The number of para-hydroxylation sites is 3. The highest BCUT2D eigenvalue weighted by Crippen LogP contribution is 2.18. The van der Waals surface area contributed by atoms with Crippen LogP contribution in [-0.4, -0.2) is 28.6 Å². The second-order valence-electron chi connectivity index (χ2n) is 7.24. The van der Waals surface area contributed by atoms with Crippen molar-refractivity contribution in [2.24, 2.45) is 0 Å². The number of carbonyl (C=O) groups is 1. The summed E-state index contributed by atoms with van der Waals surface area (Å²) in [5, 5.41) is 2.98. The molecule has 5 nitrogen and oxygen atoms in total. The van der Waals surface area contributed by atoms with Crippen LogP contribution in [0.4, 0.5) is 0 Å². The lowest BCUT2D eigenvalue weighted by atomic mass is 10.2. The summed E-state index contributed by atoms with van der Waals surface area (Å²) < 4.78 is 8.17. The van der Waals surface area contributed by atoms with Gasteiger partial charge in [0.25, 0.3) is 0 Å². The Labute approximate surface area is 173 Å². The molecule has 1 aromatic heterocycles. The van der Waals surface area contributed by atoms with Crippen molar-refractivity contribution in [1.82, 2.24) is 14.9 Å². The summed E-state index contributed by atoms with van der Waals surface area (Å²) in [5.41, 5.74) is 2.19. The zero-order chi connectivity index (χ0) is 20.3. The van der Waals surface area contributed by atoms with E-state index in [-0.39, 0.29) is 5.91 Å². The molecule has 0 spiro atoms. The third-order valence-electron chi connectivity index (χ3n) is 4.94. The van der Waals surface area contributed by atoms with E-state index in [2.05, 4.69) is 28.1 Å². The Hall–Kier alpha value is -2.82. The number of nitrogens with zero attached hydrogens (tertiary/aromatic N) is 2. The summed E-state index contributed by atoms with van der Waals surface area (Å²) in [6.45, 7) is 4.18. The predicted octanol–water partition coefficient (Wildman–Crippen LogP) is 4.74. The monoisotopic (exact) mass is 393 g/mol. The molecule has 154 valence electrons. The molecule has 1 heterocycles. The third kappa shape index (κ3) is 6.34. The minimum atomic E-state index is 0.160. The van der Waals surface area contributed by atoms with Crippen LogP contribution in [-0.2, 0) is 17.8 Å². The number of hydrogen-bond donors (Lipinski definition) is 1. The summed E-state index contributed by atoms with van der Waals surface area (Å²) in [6.07, 6.45) is 5.60. The Kier molecular flexibility index (Phi) is 8.11. The van der Waals surface area contributed by atoms with Crippen molar-refractivity contribution >= 4 is 16.9 Å². The Morgan fingerprint density at radius 3 is 2.66 bits per heavy atom. The average molecular weight is 394 g/mol. The highest BCUT2D eigenvalue weighted by Gasteiger charge is 2.10. The third-order valence-corrected chi connectivity index (χ3v) is 4.94. The van der Waals surface area contributed by atoms with E-state index in [0.29, 0.717) is 13.0 Å². The maximum Gasteiger partial charge on any atom is 0.219 e. The first-order valence-electron chi connectivity index (χ1n) is 10.7. The minimum Gasteiger partial charge on any atom is -0.492 e. The highest BCUT2D eigenvalue weighted by molar-refractivity contribution is 5.76. The number of imidazole rings is 1. The van der Waals surface area contributed by atoms with Crippen molar-refractivity contribution in [3.05, 3.63) is 60.4 Å². The molecule has 1 N–H and O–H groups in total. The molecule has 0 saturated carbocycles. The quantitative estimate of drug-likeness (QED) is 0.452. The predicted molar refractivity (Wildman–Crippen MR) is 117 cm³/mol. The molecule has 29 heavy (non-hydrogen) atoms. The maximum absolute atomic E-state index is 11.5. The fourth-order valence-corrected chi connectivity index (χ4v) is 3.47. The molecular weight excluding hydrogens is 362 g/mol. The van der Waals surface area contributed by atoms with Crippen LogP contribution in [0.5, 0.6) is 5.75 Å². The van der Waals surface area contributed by atoms with E-state index in [0.717, 1.165) is 67.8 Å². The fraction of sp³-hybridized carbons (Fsp3) is 0.417. The van der Waals surface area contributed by atoms with Gasteiger partial charge in [-0.1, -0.05) is 43.7 Å². The Morgan fingerprint density at radius 1 is 1.03 bits per heavy atom. The van der Waals surface area contributed by atoms with Crippen LogP contribution < -0.4 is 10.1 Å². The number of aromatic nitrogens is 2. The molecule has 5 heteroatoms. The number of unbranched alkanes of at least 4 members (excludes halogenated alkanes) is 2. The van der Waals surface area contributed by atoms with Crippen LogP contribution in [0.25, 0.3) is 11.0 Å². The van der Waals surface area contributed by atoms with Gasteiger partial charge in [0.05, 0.1) is 17.6 Å². The van der Waals surface area contributed by atoms with Crippen LogP contribution in [0.1, 0.15) is 44.9 Å². The largest absolute Gasteiger partial charge is 0.492 e. The van der Waals surface area contributed by atoms with Crippen LogP contribution in [0.15, 0.2) is 54.6 Å². The lowest BCUT2D eigenvalue weighted by Crippen LogP contribution is -2.23. The number of nitrogens with one attached hydrogen (secondary N) is 1. The molecule has 0 aliphatic heterocycles. The van der Waals surface area contributed by atoms with E-state index in [1.807, 2.05) is 43.3 Å². The minimum absolute atomic E-state index is 0.160. The Bertz CT molecular complexity index is 890. The van der Waals surface area contributed by atoms with E-state index in [1.165, 1.54) is 0 Å². The zero-order valence-corrected chi connectivity index (χ0v) is 17.3. The molecule has 0 saturated heterocycles. The standard InChI is InChI=1S/C24H31N3O2/c1-2-11-24(28)25-17-10-4-7-16-23-26-21-14-8-9-15-22(21)27(23)18-19-29-20-12-5-3-6-13-20/h3,5-6,8-9,12-15H,2,4,7,10-11,16-19H2,1H3,(H,25,28). The number of ether oxygens (including phenoxy) is 1. The Morgan fingerprint density at radius 2 is 1.83 bits per heavy atom. The van der Waals surface area contributed by atoms with E-state index in [4.69, 9.17) is 9.72 Å². The van der Waals surface area contributed by atoms with Gasteiger partial charge in [0, 0.05) is 19.4 Å². The molecule has 0 unspecified atom stereocenters. The Balaban J connectivity index is 1.52. The molecule has 0 bridgehead atoms. The molecule has 0 aliphatic carbocycles. The summed E-state index contributed by atoms with van der Waals surface area (Å²) in [7, 11) is 0. The smallest absolute Gasteiger partial charge is 0.219 e. The second kappa shape index (κ2) is 11.2. The maximum atomic E-state index is 11.5. The van der Waals surface area contributed by atoms with Gasteiger partial charge in [-0.2, -0.15) is 0 Å². The first-order valence-corrected chi connectivity index (χ1v) is 10.7. The van der Waals surface area contributed by atoms with Crippen LogP contribution in [0, 0.1) is 0 Å². The van der Waals surface area contributed by atoms with E-state index < -0.39 is 0 Å². The van der Waals surface area contributed by atoms with Gasteiger partial charge in [-0.25, -0.2) is 4.98 Å². The summed E-state index contributed by atoms with van der Waals surface area (Å²) in [4.78, 5) is 16.4. The molecular formula is C24H31N3O2. The van der Waals surface area contributed by atoms with Gasteiger partial charge < -0.3 is 14.6 Å². The number of aryl methyl sites for hydroxylation is 1. The highest BCUT2D eigenvalue weighted by atomic mass is 16.5. The molecule has 0 aliphatic rings. The van der Waals surface area contributed by atoms with Gasteiger partial charge in [-0.05, 0) is 43.5 Å². The summed E-state index contributed by atoms with van der Waals surface area (Å²) >= 11 is 0. The first kappa shape index (κ1) is 20.9. The topological polar surface area (TPSA) is 56.2 Å². The zero-order valence-electron chi connectivity index (χ0n) is 17.3. The lowest BCUT2D eigenvalue weighted by molar-refractivity contribution is -0.121. The molecule has 3 rings (SSSR count). The number of amides is 1. The van der Waals surface area contributed by atoms with Crippen molar-refractivity contribution in [2.75, 3.05) is 13.2 Å². The number of benzene rings is 2. The molecule has 0 fully saturated rings. The summed E-state index contributed by atoms with van der Waals surface area (Å²) in [5.74, 6) is 2.16. The van der Waals surface area contributed by atoms with E-state index >= 15 is 0 Å². The normalized spacial score (nSPS) is 10.9. The van der Waals surface area contributed by atoms with Crippen molar-refractivity contribution in [2.45, 2.75) is 52.0 Å². The second-order valence-corrected chi connectivity index (χ2v) is 7.24. The molecule has 2 aromatic carbocycles. The van der Waals surface area contributed by atoms with Crippen LogP contribution in [0.2, 0.25) is 0 Å². The van der Waals surface area contributed by atoms with Gasteiger partial charge >= 0.3 is 0 Å². The fourth-order valence-electron chi connectivity index (χ4n) is 3.47. The average Bonchev–Trinajstić information content (AvgIpc) is 3.09. The van der Waals surface area contributed by atoms with Gasteiger partial charge in [0.15, 0.2) is 0 Å². The van der Waals surface area contributed by atoms with Crippen molar-refractivity contribution in [3.63, 3.8) is 0 Å². The van der Waals surface area contributed by atoms with Crippen molar-refractivity contribution < 1.29 is 9.53 Å². The van der Waals surface area contributed by atoms with E-state index in [1.54, 1.807) is 0 Å². The SMILES string of the molecule is CCCC(=O)NCCCCCc1nc2ccccc2n1CCOc1ccccc1. The summed E-state index contributed by atoms with van der Waals surface area (Å²) in [6, 6.07) is 18.2. The molecule has 0 radical (unpaired) electrons. The van der Waals surface area contributed by atoms with Gasteiger partial charge in [-0.15, -0.1) is 0 Å². The molecule has 0 atom stereocenters. The van der Waals surface area contributed by atoms with Crippen molar-refractivity contribution in [1.29, 1.82) is 0 Å². The van der Waals surface area contributed by atoms with Gasteiger partial charge in [0.1, 0.15) is 18.2 Å².